The minimum Gasteiger partial charge on any atom is -0.477 e. The highest BCUT2D eigenvalue weighted by atomic mass is 32.2. The molecule has 1 unspecified atom stereocenters. The Balaban J connectivity index is 1.71. The monoisotopic (exact) mass is 492 g/mol. The second-order valence-corrected chi connectivity index (χ2v) is 10.2. The zero-order valence-corrected chi connectivity index (χ0v) is 18.7. The van der Waals surface area contributed by atoms with Crippen LogP contribution in [-0.2, 0) is 30.4 Å². The van der Waals surface area contributed by atoms with E-state index in [2.05, 4.69) is 20.8 Å². The van der Waals surface area contributed by atoms with Gasteiger partial charge in [0.1, 0.15) is 17.1 Å². The molecular weight excluding hydrogens is 472 g/mol. The van der Waals surface area contributed by atoms with E-state index in [0.717, 1.165) is 27.8 Å². The number of tetrazole rings is 1. The Bertz CT molecular complexity index is 1020. The average Bonchev–Trinajstić information content (AvgIpc) is 3.12. The number of unbranched alkanes of at least 4 members (excludes halogenated alkanes) is 1. The van der Waals surface area contributed by atoms with Crippen molar-refractivity contribution >= 4 is 51.4 Å². The molecule has 3 rings (SSSR count). The first-order chi connectivity index (χ1) is 14.6. The molecule has 1 saturated heterocycles. The minimum atomic E-state index is -4.36. The van der Waals surface area contributed by atoms with Gasteiger partial charge in [0.25, 0.3) is 16.0 Å². The predicted octanol–water partition coefficient (Wildman–Crippen LogP) is -0.461. The number of carbonyl (C=O) groups excluding carboxylic acids is 2. The molecular formula is C15H20N6O7S3. The van der Waals surface area contributed by atoms with Gasteiger partial charge in [0.15, 0.2) is 5.88 Å². The Morgan fingerprint density at radius 1 is 1.39 bits per heavy atom. The zero-order valence-electron chi connectivity index (χ0n) is 16.3. The molecule has 13 nitrogen and oxygen atoms in total. The molecule has 0 aliphatic carbocycles. The number of carbonyl (C=O) groups is 3. The molecule has 0 spiro atoms. The molecule has 1 aromatic heterocycles. The third-order valence-corrected chi connectivity index (χ3v) is 7.44. The number of rotatable bonds is 10. The smallest absolute Gasteiger partial charge is 0.352 e. The minimum absolute atomic E-state index is 0.0676. The standard InChI is InChI=1S/C15H20N6O7S3/c1-2-3-4-9(22)16-10-12(23)21-11(14(24)25)8(5-29-13(10)21)6-30-15-17-18-19-20(15)7-31(26,27)28/h10,13H,2-7H2,1H3,(H,16,22)(H,24,25)(H,26,27,28)/t10?,13-/m1/s1. The molecule has 0 radical (unpaired) electrons. The van der Waals surface area contributed by atoms with Crippen LogP contribution in [0, 0.1) is 0 Å². The molecule has 0 saturated carbocycles. The van der Waals surface area contributed by atoms with E-state index in [1.807, 2.05) is 6.92 Å². The maximum Gasteiger partial charge on any atom is 0.352 e. The fourth-order valence-electron chi connectivity index (χ4n) is 3.06. The summed E-state index contributed by atoms with van der Waals surface area (Å²) in [5.41, 5.74) is 0.276. The number of hydrogen-bond donors (Lipinski definition) is 3. The lowest BCUT2D eigenvalue weighted by atomic mass is 10.0. The molecule has 31 heavy (non-hydrogen) atoms. The number of hydrogen-bond acceptors (Lipinski definition) is 10. The van der Waals surface area contributed by atoms with Crippen LogP contribution in [0.15, 0.2) is 16.4 Å². The highest BCUT2D eigenvalue weighted by Gasteiger charge is 2.54. The van der Waals surface area contributed by atoms with Gasteiger partial charge in [0.05, 0.1) is 0 Å². The summed E-state index contributed by atoms with van der Waals surface area (Å²) in [6.45, 7) is 1.95. The van der Waals surface area contributed by atoms with Crippen LogP contribution in [0.4, 0.5) is 0 Å². The van der Waals surface area contributed by atoms with Crippen molar-refractivity contribution in [1.29, 1.82) is 0 Å². The second-order valence-electron chi connectivity index (χ2n) is 6.78. The predicted molar refractivity (Wildman–Crippen MR) is 109 cm³/mol. The second kappa shape index (κ2) is 9.54. The van der Waals surface area contributed by atoms with Gasteiger partial charge in [0.2, 0.25) is 11.1 Å². The summed E-state index contributed by atoms with van der Waals surface area (Å²) in [7, 11) is -4.36. The SMILES string of the molecule is CCCCC(=O)NC1C(=O)N2C(C(=O)O)=C(CSc3nnnn3CS(=O)(=O)O)CS[C@H]12. The summed E-state index contributed by atoms with van der Waals surface area (Å²) >= 11 is 2.31. The van der Waals surface area contributed by atoms with Crippen molar-refractivity contribution in [2.45, 2.75) is 48.6 Å². The molecule has 2 aliphatic heterocycles. The number of aromatic nitrogens is 4. The molecule has 3 heterocycles. The Morgan fingerprint density at radius 2 is 2.13 bits per heavy atom. The number of β-lactam (4-membered cyclic amide) rings is 1. The van der Waals surface area contributed by atoms with Gasteiger partial charge >= 0.3 is 5.97 Å². The van der Waals surface area contributed by atoms with Crippen LogP contribution in [-0.4, -0.2) is 83.9 Å². The molecule has 2 aliphatic rings. The summed E-state index contributed by atoms with van der Waals surface area (Å²) in [4.78, 5) is 37.6. The largest absolute Gasteiger partial charge is 0.477 e. The van der Waals surface area contributed by atoms with Crippen LogP contribution < -0.4 is 5.32 Å². The maximum absolute atomic E-state index is 12.6. The van der Waals surface area contributed by atoms with E-state index < -0.39 is 39.3 Å². The molecule has 170 valence electrons. The van der Waals surface area contributed by atoms with Gasteiger partial charge < -0.3 is 10.4 Å². The summed E-state index contributed by atoms with van der Waals surface area (Å²) < 4.78 is 31.9. The quantitative estimate of drug-likeness (QED) is 0.217. The van der Waals surface area contributed by atoms with E-state index in [4.69, 9.17) is 4.55 Å². The number of amides is 2. The Morgan fingerprint density at radius 3 is 2.77 bits per heavy atom. The molecule has 1 aromatic rings. The third kappa shape index (κ3) is 5.36. The number of fused-ring (bicyclic) bond motifs is 1. The fourth-order valence-corrected chi connectivity index (χ4v) is 5.99. The zero-order chi connectivity index (χ0) is 22.8. The van der Waals surface area contributed by atoms with E-state index in [-0.39, 0.29) is 22.5 Å². The highest BCUT2D eigenvalue weighted by Crippen LogP contribution is 2.41. The first kappa shape index (κ1) is 23.5. The molecule has 0 bridgehead atoms. The molecule has 3 N–H and O–H groups in total. The van der Waals surface area contributed by atoms with Crippen molar-refractivity contribution < 1.29 is 32.5 Å². The lowest BCUT2D eigenvalue weighted by Crippen LogP contribution is -2.70. The summed E-state index contributed by atoms with van der Waals surface area (Å²) in [6, 6.07) is -0.764. The van der Waals surface area contributed by atoms with Gasteiger partial charge in [-0.3, -0.25) is 19.0 Å². The number of nitrogens with one attached hydrogen (secondary N) is 1. The molecule has 1 fully saturated rings. The first-order valence-electron chi connectivity index (χ1n) is 9.16. The molecule has 0 aromatic carbocycles. The van der Waals surface area contributed by atoms with Crippen LogP contribution >= 0.6 is 23.5 Å². The Kier molecular flexibility index (Phi) is 7.23. The van der Waals surface area contributed by atoms with E-state index in [1.54, 1.807) is 0 Å². The average molecular weight is 493 g/mol. The van der Waals surface area contributed by atoms with Crippen molar-refractivity contribution in [1.82, 2.24) is 30.4 Å². The fraction of sp³-hybridized carbons (Fsp3) is 0.600. The van der Waals surface area contributed by atoms with Gasteiger partial charge in [0, 0.05) is 17.9 Å². The Hall–Kier alpha value is -2.17. The topological polar surface area (TPSA) is 185 Å². The molecule has 2 atom stereocenters. The number of nitrogens with zero attached hydrogens (tertiary/aromatic N) is 5. The van der Waals surface area contributed by atoms with Crippen molar-refractivity contribution in [3.05, 3.63) is 11.3 Å². The van der Waals surface area contributed by atoms with Crippen molar-refractivity contribution in [2.24, 2.45) is 0 Å². The summed E-state index contributed by atoms with van der Waals surface area (Å²) in [6.07, 6.45) is 1.85. The van der Waals surface area contributed by atoms with Gasteiger partial charge in [-0.1, -0.05) is 25.1 Å². The van der Waals surface area contributed by atoms with Crippen LogP contribution in [0.25, 0.3) is 0 Å². The first-order valence-corrected chi connectivity index (χ1v) is 12.8. The normalized spacial score (nSPS) is 21.0. The number of thioether (sulfide) groups is 2. The van der Waals surface area contributed by atoms with Crippen molar-refractivity contribution in [3.63, 3.8) is 0 Å². The summed E-state index contributed by atoms with van der Waals surface area (Å²) in [5, 5.41) is 22.4. The lowest BCUT2D eigenvalue weighted by molar-refractivity contribution is -0.150. The number of aliphatic carboxylic acids is 1. The summed E-state index contributed by atoms with van der Waals surface area (Å²) in [5.74, 6) is -2.46. The van der Waals surface area contributed by atoms with Gasteiger partial charge in [-0.25, -0.2) is 9.48 Å². The molecule has 2 amide bonds. The van der Waals surface area contributed by atoms with E-state index in [1.165, 1.54) is 11.8 Å². The Labute approximate surface area is 185 Å². The van der Waals surface area contributed by atoms with Gasteiger partial charge in [-0.05, 0) is 22.4 Å². The van der Waals surface area contributed by atoms with Crippen LogP contribution in [0.5, 0.6) is 0 Å². The maximum atomic E-state index is 12.6. The van der Waals surface area contributed by atoms with E-state index in [0.29, 0.717) is 24.2 Å². The number of carboxylic acid groups (broad SMARTS) is 1. The van der Waals surface area contributed by atoms with Crippen LogP contribution in [0.1, 0.15) is 26.2 Å². The number of carboxylic acids is 1. The highest BCUT2D eigenvalue weighted by molar-refractivity contribution is 8.01. The van der Waals surface area contributed by atoms with Crippen LogP contribution in [0.3, 0.4) is 0 Å². The van der Waals surface area contributed by atoms with E-state index >= 15 is 0 Å². The lowest BCUT2D eigenvalue weighted by Gasteiger charge is -2.49. The van der Waals surface area contributed by atoms with E-state index in [9.17, 15) is 27.9 Å². The van der Waals surface area contributed by atoms with Gasteiger partial charge in [-0.15, -0.1) is 16.9 Å². The van der Waals surface area contributed by atoms with Crippen LogP contribution in [0.2, 0.25) is 0 Å². The van der Waals surface area contributed by atoms with Crippen molar-refractivity contribution in [2.75, 3.05) is 11.5 Å². The van der Waals surface area contributed by atoms with Crippen molar-refractivity contribution in [3.8, 4) is 0 Å². The molecule has 16 heteroatoms. The van der Waals surface area contributed by atoms with Gasteiger partial charge in [-0.2, -0.15) is 8.42 Å². The third-order valence-electron chi connectivity index (χ3n) is 4.48.